The van der Waals surface area contributed by atoms with Crippen molar-refractivity contribution in [2.24, 2.45) is 0 Å². The molecule has 16 heavy (non-hydrogen) atoms. The topological polar surface area (TPSA) is 49.3 Å². The third-order valence-corrected chi connectivity index (χ3v) is 1.38. The molecule has 96 valence electrons. The Balaban J connectivity index is 4.50. The Kier molecular flexibility index (Phi) is 4.14. The van der Waals surface area contributed by atoms with Gasteiger partial charge in [0.05, 0.1) is 6.54 Å². The molecule has 0 aliphatic heterocycles. The Morgan fingerprint density at radius 2 is 1.50 bits per heavy atom. The van der Waals surface area contributed by atoms with Crippen LogP contribution in [0, 0.1) is 0 Å². The van der Waals surface area contributed by atoms with Gasteiger partial charge < -0.3 is 10.4 Å². The number of nitrogens with one attached hydrogen (secondary N) is 1. The number of aliphatic hydroxyl groups excluding tert-OH is 1. The molecule has 0 aliphatic rings. The molecule has 0 rings (SSSR count). The van der Waals surface area contributed by atoms with Crippen LogP contribution in [0.2, 0.25) is 0 Å². The lowest BCUT2D eigenvalue weighted by molar-refractivity contribution is -0.270. The van der Waals surface area contributed by atoms with Gasteiger partial charge in [0.2, 0.25) is 0 Å². The summed E-state index contributed by atoms with van der Waals surface area (Å²) < 4.78 is 83.3. The normalized spacial score (nSPS) is 13.8. The second-order valence-corrected chi connectivity index (χ2v) is 2.77. The van der Waals surface area contributed by atoms with Crippen molar-refractivity contribution in [1.29, 1.82) is 0 Å². The number of aliphatic hydroxyl groups is 1. The van der Waals surface area contributed by atoms with Crippen LogP contribution in [-0.4, -0.2) is 42.2 Å². The standard InChI is InChI=1S/C6H6F7NO2/c7-4(8,2-15)1-14-3(16)5(9,10)6(11,12)13/h15H,1-2H2,(H,14,16). The first-order chi connectivity index (χ1) is 6.94. The monoisotopic (exact) mass is 257 g/mol. The van der Waals surface area contributed by atoms with Crippen LogP contribution in [0.25, 0.3) is 0 Å². The molecule has 0 saturated heterocycles. The van der Waals surface area contributed by atoms with E-state index in [1.165, 1.54) is 0 Å². The van der Waals surface area contributed by atoms with E-state index in [-0.39, 0.29) is 0 Å². The van der Waals surface area contributed by atoms with Gasteiger partial charge in [-0.2, -0.15) is 22.0 Å². The minimum Gasteiger partial charge on any atom is -0.390 e. The van der Waals surface area contributed by atoms with Crippen LogP contribution >= 0.6 is 0 Å². The van der Waals surface area contributed by atoms with E-state index in [0.29, 0.717) is 5.32 Å². The molecule has 1 amide bonds. The predicted molar refractivity (Wildman–Crippen MR) is 36.0 cm³/mol. The molecule has 0 aromatic rings. The largest absolute Gasteiger partial charge is 0.463 e. The van der Waals surface area contributed by atoms with Gasteiger partial charge in [-0.05, 0) is 0 Å². The van der Waals surface area contributed by atoms with Crippen LogP contribution < -0.4 is 5.32 Å². The summed E-state index contributed by atoms with van der Waals surface area (Å²) in [4.78, 5) is 10.3. The lowest BCUT2D eigenvalue weighted by Gasteiger charge is -2.20. The minimum absolute atomic E-state index is 0.702. The van der Waals surface area contributed by atoms with E-state index in [1.54, 1.807) is 0 Å². The van der Waals surface area contributed by atoms with Crippen molar-refractivity contribution in [3.8, 4) is 0 Å². The smallest absolute Gasteiger partial charge is 0.390 e. The third kappa shape index (κ3) is 3.51. The third-order valence-electron chi connectivity index (χ3n) is 1.38. The molecule has 2 N–H and O–H groups in total. The molecular formula is C6H6F7NO2. The maximum atomic E-state index is 12.2. The number of alkyl halides is 7. The molecule has 0 bridgehead atoms. The highest BCUT2D eigenvalue weighted by atomic mass is 19.4. The first-order valence-corrected chi connectivity index (χ1v) is 3.65. The second-order valence-electron chi connectivity index (χ2n) is 2.77. The quantitative estimate of drug-likeness (QED) is 0.736. The Labute approximate surface area is 84.2 Å². The maximum absolute atomic E-state index is 12.2. The predicted octanol–water partition coefficient (Wildman–Crippen LogP) is 0.928. The van der Waals surface area contributed by atoms with Crippen LogP contribution in [0.4, 0.5) is 30.7 Å². The average Bonchev–Trinajstić information content (AvgIpc) is 2.12. The van der Waals surface area contributed by atoms with Crippen LogP contribution in [0.1, 0.15) is 0 Å². The molecule has 0 spiro atoms. The van der Waals surface area contributed by atoms with Gasteiger partial charge in [0.15, 0.2) is 0 Å². The Bertz CT molecular complexity index is 262. The lowest BCUT2D eigenvalue weighted by atomic mass is 10.3. The van der Waals surface area contributed by atoms with Crippen molar-refractivity contribution in [3.63, 3.8) is 0 Å². The number of hydrogen-bond acceptors (Lipinski definition) is 2. The van der Waals surface area contributed by atoms with Gasteiger partial charge >= 0.3 is 18.0 Å². The van der Waals surface area contributed by atoms with Crippen LogP contribution in [0.3, 0.4) is 0 Å². The van der Waals surface area contributed by atoms with Gasteiger partial charge in [-0.25, -0.2) is 8.78 Å². The first kappa shape index (κ1) is 14.9. The Morgan fingerprint density at radius 3 is 1.81 bits per heavy atom. The van der Waals surface area contributed by atoms with E-state index in [2.05, 4.69) is 0 Å². The average molecular weight is 257 g/mol. The fraction of sp³-hybridized carbons (Fsp3) is 0.833. The van der Waals surface area contributed by atoms with Crippen LogP contribution in [0.5, 0.6) is 0 Å². The van der Waals surface area contributed by atoms with Crippen molar-refractivity contribution in [3.05, 3.63) is 0 Å². The first-order valence-electron chi connectivity index (χ1n) is 3.65. The molecule has 0 fully saturated rings. The molecule has 0 aliphatic carbocycles. The van der Waals surface area contributed by atoms with E-state index in [4.69, 9.17) is 5.11 Å². The molecule has 0 saturated carbocycles. The molecule has 0 radical (unpaired) electrons. The highest BCUT2D eigenvalue weighted by Gasteiger charge is 2.63. The van der Waals surface area contributed by atoms with Gasteiger partial charge in [0.25, 0.3) is 5.92 Å². The molecule has 10 heteroatoms. The summed E-state index contributed by atoms with van der Waals surface area (Å²) in [5.74, 6) is -12.6. The van der Waals surface area contributed by atoms with Gasteiger partial charge in [-0.15, -0.1) is 0 Å². The summed E-state index contributed by atoms with van der Waals surface area (Å²) in [6.45, 7) is -3.60. The highest BCUT2D eigenvalue weighted by molar-refractivity contribution is 5.84. The number of rotatable bonds is 4. The minimum atomic E-state index is -6.16. The summed E-state index contributed by atoms with van der Waals surface area (Å²) in [5.41, 5.74) is 0. The molecule has 3 nitrogen and oxygen atoms in total. The number of halogens is 7. The summed E-state index contributed by atoms with van der Waals surface area (Å²) in [6, 6.07) is 0. The molecular weight excluding hydrogens is 251 g/mol. The van der Waals surface area contributed by atoms with Crippen molar-refractivity contribution < 1.29 is 40.6 Å². The van der Waals surface area contributed by atoms with Crippen molar-refractivity contribution in [2.75, 3.05) is 13.2 Å². The number of amides is 1. The zero-order valence-corrected chi connectivity index (χ0v) is 7.42. The summed E-state index contributed by atoms with van der Waals surface area (Å²) in [7, 11) is 0. The second kappa shape index (κ2) is 4.44. The molecule has 0 aromatic carbocycles. The molecule has 0 atom stereocenters. The molecule has 0 heterocycles. The summed E-state index contributed by atoms with van der Waals surface area (Å²) in [5, 5.41) is 8.66. The van der Waals surface area contributed by atoms with Crippen LogP contribution in [-0.2, 0) is 4.79 Å². The van der Waals surface area contributed by atoms with Gasteiger partial charge in [0, 0.05) is 0 Å². The van der Waals surface area contributed by atoms with Crippen LogP contribution in [0.15, 0.2) is 0 Å². The van der Waals surface area contributed by atoms with E-state index in [1.807, 2.05) is 0 Å². The lowest BCUT2D eigenvalue weighted by Crippen LogP contribution is -2.53. The Hall–Kier alpha value is -1.06. The Morgan fingerprint density at radius 1 is 1.06 bits per heavy atom. The summed E-state index contributed by atoms with van der Waals surface area (Å²) >= 11 is 0. The fourth-order valence-corrected chi connectivity index (χ4v) is 0.505. The molecule has 0 unspecified atom stereocenters. The zero-order chi connectivity index (χ0) is 13.2. The number of hydrogen-bond donors (Lipinski definition) is 2. The van der Waals surface area contributed by atoms with Gasteiger partial charge in [-0.3, -0.25) is 4.79 Å². The summed E-state index contributed by atoms with van der Waals surface area (Å²) in [6.07, 6.45) is -6.16. The van der Waals surface area contributed by atoms with Crippen molar-refractivity contribution in [1.82, 2.24) is 5.32 Å². The number of carbonyl (C=O) groups is 1. The maximum Gasteiger partial charge on any atom is 0.463 e. The van der Waals surface area contributed by atoms with Crippen molar-refractivity contribution >= 4 is 5.91 Å². The van der Waals surface area contributed by atoms with E-state index >= 15 is 0 Å². The van der Waals surface area contributed by atoms with Gasteiger partial charge in [0.1, 0.15) is 6.61 Å². The van der Waals surface area contributed by atoms with Gasteiger partial charge in [-0.1, -0.05) is 0 Å². The zero-order valence-electron chi connectivity index (χ0n) is 7.42. The fourth-order valence-electron chi connectivity index (χ4n) is 0.505. The molecule has 0 aromatic heterocycles. The van der Waals surface area contributed by atoms with E-state index in [0.717, 1.165) is 0 Å². The van der Waals surface area contributed by atoms with E-state index < -0.39 is 37.1 Å². The SMILES string of the molecule is O=C(NCC(F)(F)CO)C(F)(F)C(F)(F)F. The highest BCUT2D eigenvalue weighted by Crippen LogP contribution is 2.35. The van der Waals surface area contributed by atoms with E-state index in [9.17, 15) is 35.5 Å². The number of carbonyl (C=O) groups excluding carboxylic acids is 1. The van der Waals surface area contributed by atoms with Crippen molar-refractivity contribution in [2.45, 2.75) is 18.0 Å².